The minimum atomic E-state index is 0.519. The molecule has 4 rings (SSSR count). The molecule has 18 heavy (non-hydrogen) atoms. The summed E-state index contributed by atoms with van der Waals surface area (Å²) in [6, 6.07) is 6.01. The first-order valence-electron chi connectivity index (χ1n) is 5.45. The molecule has 0 fully saturated rings. The molecule has 0 saturated heterocycles. The Morgan fingerprint density at radius 1 is 1.11 bits per heavy atom. The van der Waals surface area contributed by atoms with Crippen molar-refractivity contribution in [3.63, 3.8) is 0 Å². The van der Waals surface area contributed by atoms with Crippen molar-refractivity contribution in [2.75, 3.05) is 11.5 Å². The maximum absolute atomic E-state index is 5.97. The van der Waals surface area contributed by atoms with Crippen LogP contribution in [-0.2, 0) is 0 Å². The molecule has 5 N–H and O–H groups in total. The second-order valence-corrected chi connectivity index (χ2v) is 5.12. The molecule has 0 aliphatic carbocycles. The molecular formula is C12H9N5S. The van der Waals surface area contributed by atoms with Crippen LogP contribution in [-0.4, -0.2) is 15.0 Å². The van der Waals surface area contributed by atoms with Crippen molar-refractivity contribution < 1.29 is 0 Å². The lowest BCUT2D eigenvalue weighted by molar-refractivity contribution is 1.24. The van der Waals surface area contributed by atoms with E-state index in [1.807, 2.05) is 18.2 Å². The molecule has 0 spiro atoms. The highest BCUT2D eigenvalue weighted by Gasteiger charge is 2.14. The fraction of sp³-hybridized carbons (Fsp3) is 0. The molecule has 0 unspecified atom stereocenters. The average molecular weight is 255 g/mol. The maximum atomic E-state index is 5.97. The van der Waals surface area contributed by atoms with E-state index in [4.69, 9.17) is 11.5 Å². The summed E-state index contributed by atoms with van der Waals surface area (Å²) in [6.07, 6.45) is 1.61. The normalized spacial score (nSPS) is 11.8. The SMILES string of the molecule is Nc1nc2sc3c(N)nc[nH]c3c2c2cccc12. The van der Waals surface area contributed by atoms with Gasteiger partial charge in [0, 0.05) is 10.8 Å². The van der Waals surface area contributed by atoms with E-state index < -0.39 is 0 Å². The zero-order valence-electron chi connectivity index (χ0n) is 9.27. The summed E-state index contributed by atoms with van der Waals surface area (Å²) < 4.78 is 0.924. The van der Waals surface area contributed by atoms with Gasteiger partial charge in [-0.05, 0) is 5.39 Å². The fourth-order valence-corrected chi connectivity index (χ4v) is 3.39. The van der Waals surface area contributed by atoms with Gasteiger partial charge in [-0.1, -0.05) is 18.2 Å². The van der Waals surface area contributed by atoms with Gasteiger partial charge in [-0.2, -0.15) is 0 Å². The van der Waals surface area contributed by atoms with Gasteiger partial charge in [0.05, 0.1) is 16.5 Å². The largest absolute Gasteiger partial charge is 0.383 e. The van der Waals surface area contributed by atoms with Crippen molar-refractivity contribution >= 4 is 54.2 Å². The van der Waals surface area contributed by atoms with E-state index in [-0.39, 0.29) is 0 Å². The van der Waals surface area contributed by atoms with Gasteiger partial charge in [0.1, 0.15) is 16.5 Å². The Kier molecular flexibility index (Phi) is 1.67. The second-order valence-electron chi connectivity index (χ2n) is 4.12. The summed E-state index contributed by atoms with van der Waals surface area (Å²) in [7, 11) is 0. The van der Waals surface area contributed by atoms with Gasteiger partial charge in [0.2, 0.25) is 0 Å². The summed E-state index contributed by atoms with van der Waals surface area (Å²) in [4.78, 5) is 12.6. The third kappa shape index (κ3) is 1.05. The number of hydrogen-bond donors (Lipinski definition) is 3. The van der Waals surface area contributed by atoms with Crippen LogP contribution >= 0.6 is 11.3 Å². The Hall–Kier alpha value is -2.34. The van der Waals surface area contributed by atoms with Crippen LogP contribution in [0.5, 0.6) is 0 Å². The topological polar surface area (TPSA) is 93.6 Å². The van der Waals surface area contributed by atoms with Gasteiger partial charge in [-0.15, -0.1) is 11.3 Å². The second kappa shape index (κ2) is 3.11. The molecular weight excluding hydrogens is 246 g/mol. The molecule has 4 aromatic rings. The zero-order chi connectivity index (χ0) is 12.3. The minimum absolute atomic E-state index is 0.519. The summed E-state index contributed by atoms with van der Waals surface area (Å²) in [5.41, 5.74) is 12.8. The van der Waals surface area contributed by atoms with Crippen LogP contribution in [0, 0.1) is 0 Å². The van der Waals surface area contributed by atoms with Crippen LogP contribution in [0.25, 0.3) is 31.2 Å². The number of H-pyrrole nitrogens is 1. The van der Waals surface area contributed by atoms with Crippen LogP contribution in [0.15, 0.2) is 24.5 Å². The minimum Gasteiger partial charge on any atom is -0.383 e. The number of nitrogen functional groups attached to an aromatic ring is 2. The lowest BCUT2D eigenvalue weighted by atomic mass is 10.2. The molecule has 5 nitrogen and oxygen atoms in total. The van der Waals surface area contributed by atoms with Gasteiger partial charge in [-0.3, -0.25) is 0 Å². The molecule has 3 heterocycles. The van der Waals surface area contributed by atoms with Crippen LogP contribution < -0.4 is 11.5 Å². The third-order valence-electron chi connectivity index (χ3n) is 3.12. The molecule has 0 amide bonds. The monoisotopic (exact) mass is 255 g/mol. The number of nitrogens with two attached hydrogens (primary N) is 2. The van der Waals surface area contributed by atoms with Gasteiger partial charge < -0.3 is 16.5 Å². The van der Waals surface area contributed by atoms with Gasteiger partial charge in [0.15, 0.2) is 0 Å². The number of nitrogens with zero attached hydrogens (tertiary/aromatic N) is 2. The van der Waals surface area contributed by atoms with Crippen molar-refractivity contribution in [1.82, 2.24) is 15.0 Å². The van der Waals surface area contributed by atoms with E-state index in [2.05, 4.69) is 15.0 Å². The van der Waals surface area contributed by atoms with Gasteiger partial charge in [0.25, 0.3) is 0 Å². The van der Waals surface area contributed by atoms with Crippen molar-refractivity contribution in [2.45, 2.75) is 0 Å². The van der Waals surface area contributed by atoms with Gasteiger partial charge >= 0.3 is 0 Å². The molecule has 0 aliphatic rings. The molecule has 0 atom stereocenters. The van der Waals surface area contributed by atoms with Gasteiger partial charge in [-0.25, -0.2) is 9.97 Å². The third-order valence-corrected chi connectivity index (χ3v) is 4.22. The van der Waals surface area contributed by atoms with Crippen molar-refractivity contribution in [2.24, 2.45) is 0 Å². The number of nitrogens with one attached hydrogen (secondary N) is 1. The highest BCUT2D eigenvalue weighted by atomic mass is 32.1. The molecule has 0 aliphatic heterocycles. The van der Waals surface area contributed by atoms with E-state index in [1.165, 1.54) is 11.3 Å². The number of hydrogen-bond acceptors (Lipinski definition) is 5. The van der Waals surface area contributed by atoms with Crippen LogP contribution in [0.1, 0.15) is 0 Å². The van der Waals surface area contributed by atoms with Crippen molar-refractivity contribution in [3.05, 3.63) is 24.5 Å². The Balaban J connectivity index is 2.40. The molecule has 1 aromatic carbocycles. The summed E-state index contributed by atoms with van der Waals surface area (Å²) in [6.45, 7) is 0. The number of fused-ring (bicyclic) bond motifs is 5. The molecule has 3 aromatic heterocycles. The maximum Gasteiger partial charge on any atom is 0.144 e. The quantitative estimate of drug-likeness (QED) is 0.450. The molecule has 88 valence electrons. The number of rotatable bonds is 0. The predicted molar refractivity (Wildman–Crippen MR) is 75.6 cm³/mol. The number of aromatic amines is 1. The average Bonchev–Trinajstić information content (AvgIpc) is 2.93. The molecule has 0 bridgehead atoms. The van der Waals surface area contributed by atoms with Crippen molar-refractivity contribution in [1.29, 1.82) is 0 Å². The summed E-state index contributed by atoms with van der Waals surface area (Å²) >= 11 is 1.51. The predicted octanol–water partition coefficient (Wildman–Crippen LogP) is 2.49. The number of thiophene rings is 1. The highest BCUT2D eigenvalue weighted by Crippen LogP contribution is 2.39. The lowest BCUT2D eigenvalue weighted by Crippen LogP contribution is -1.91. The molecule has 6 heteroatoms. The zero-order valence-corrected chi connectivity index (χ0v) is 10.1. The Morgan fingerprint density at radius 2 is 1.94 bits per heavy atom. The Labute approximate surface area is 105 Å². The Morgan fingerprint density at radius 3 is 2.83 bits per heavy atom. The van der Waals surface area contributed by atoms with E-state index in [0.717, 1.165) is 31.2 Å². The summed E-state index contributed by atoms with van der Waals surface area (Å²) in [5.74, 6) is 1.07. The van der Waals surface area contributed by atoms with E-state index in [9.17, 15) is 0 Å². The van der Waals surface area contributed by atoms with Crippen molar-refractivity contribution in [3.8, 4) is 0 Å². The van der Waals surface area contributed by atoms with Crippen LogP contribution in [0.2, 0.25) is 0 Å². The number of anilines is 2. The molecule has 0 saturated carbocycles. The first kappa shape index (κ1) is 9.67. The number of aromatic nitrogens is 3. The standard InChI is InChI=1S/C12H9N5S/c13-10-6-3-1-2-5(6)7-8-9(18-12(7)17-10)11(14)16-4-15-8/h1-4H,13-14H2,(H,15,16). The lowest BCUT2D eigenvalue weighted by Gasteiger charge is -1.99. The van der Waals surface area contributed by atoms with E-state index in [0.29, 0.717) is 11.6 Å². The number of pyridine rings is 1. The summed E-state index contributed by atoms with van der Waals surface area (Å²) in [5, 5.41) is 3.15. The first-order chi connectivity index (χ1) is 8.75. The first-order valence-corrected chi connectivity index (χ1v) is 6.26. The van der Waals surface area contributed by atoms with E-state index >= 15 is 0 Å². The van der Waals surface area contributed by atoms with Crippen LogP contribution in [0.3, 0.4) is 0 Å². The fourth-order valence-electron chi connectivity index (χ4n) is 2.32. The Bertz CT molecular complexity index is 905. The highest BCUT2D eigenvalue weighted by molar-refractivity contribution is 7.26. The smallest absolute Gasteiger partial charge is 0.144 e. The van der Waals surface area contributed by atoms with Crippen LogP contribution in [0.4, 0.5) is 11.6 Å². The van der Waals surface area contributed by atoms with E-state index in [1.54, 1.807) is 6.33 Å². The molecule has 0 radical (unpaired) electrons.